The van der Waals surface area contributed by atoms with E-state index in [-0.39, 0.29) is 5.82 Å². The van der Waals surface area contributed by atoms with E-state index < -0.39 is 19.1 Å². The molecule has 0 aliphatic heterocycles. The summed E-state index contributed by atoms with van der Waals surface area (Å²) in [7, 11) is 1.63. The highest BCUT2D eigenvalue weighted by molar-refractivity contribution is 5.59. The van der Waals surface area contributed by atoms with Crippen LogP contribution in [0, 0.1) is 0 Å². The van der Waals surface area contributed by atoms with E-state index >= 15 is 0 Å². The van der Waals surface area contributed by atoms with Gasteiger partial charge in [0.2, 0.25) is 0 Å². The Balaban J connectivity index is 2.58. The van der Waals surface area contributed by atoms with Gasteiger partial charge < -0.3 is 16.2 Å². The largest absolute Gasteiger partial charge is 0.394 e. The molecule has 0 fully saturated rings. The van der Waals surface area contributed by atoms with Crippen LogP contribution in [0.1, 0.15) is 0 Å². The molecule has 0 aliphatic rings. The molecule has 0 unspecified atom stereocenters. The highest BCUT2D eigenvalue weighted by Crippen LogP contribution is 2.17. The summed E-state index contributed by atoms with van der Waals surface area (Å²) in [5.41, 5.74) is 5.75. The fourth-order valence-electron chi connectivity index (χ4n) is 0.913. The molecule has 0 bridgehead atoms. The van der Waals surface area contributed by atoms with Gasteiger partial charge in [-0.1, -0.05) is 0 Å². The number of aromatic nitrogens is 2. The molecule has 0 radical (unpaired) electrons. The molecule has 0 atom stereocenters. The van der Waals surface area contributed by atoms with Gasteiger partial charge in [0.1, 0.15) is 6.61 Å². The molecule has 0 amide bonds. The van der Waals surface area contributed by atoms with Gasteiger partial charge in [-0.25, -0.2) is 8.78 Å². The number of hydrogen-bond acceptors (Lipinski definition) is 4. The number of aryl methyl sites for hydroxylation is 1. The number of alkyl halides is 2. The first-order chi connectivity index (χ1) is 6.44. The zero-order valence-corrected chi connectivity index (χ0v) is 7.67. The van der Waals surface area contributed by atoms with Crippen LogP contribution in [0.15, 0.2) is 6.20 Å². The number of halogens is 2. The Kier molecular flexibility index (Phi) is 2.90. The Morgan fingerprint density at radius 2 is 2.36 bits per heavy atom. The number of nitrogen functional groups attached to an aromatic ring is 1. The van der Waals surface area contributed by atoms with Crippen LogP contribution in [0.5, 0.6) is 0 Å². The standard InChI is InChI=1S/C7H12F2N4O/c1-13-2-5(10)6(12-13)11-3-7(8,9)4-14/h2,14H,3-4,10H2,1H3,(H,11,12). The summed E-state index contributed by atoms with van der Waals surface area (Å²) >= 11 is 0. The molecular formula is C7H12F2N4O. The van der Waals surface area contributed by atoms with Crippen LogP contribution in [-0.4, -0.2) is 34.0 Å². The molecule has 0 saturated heterocycles. The number of aliphatic hydroxyl groups is 1. The van der Waals surface area contributed by atoms with Crippen LogP contribution in [0.3, 0.4) is 0 Å². The Hall–Kier alpha value is -1.37. The molecule has 80 valence electrons. The van der Waals surface area contributed by atoms with Gasteiger partial charge in [-0.05, 0) is 0 Å². The molecule has 0 spiro atoms. The van der Waals surface area contributed by atoms with E-state index in [1.807, 2.05) is 0 Å². The number of hydrogen-bond donors (Lipinski definition) is 3. The number of nitrogens with zero attached hydrogens (tertiary/aromatic N) is 2. The minimum atomic E-state index is -3.16. The van der Waals surface area contributed by atoms with Crippen molar-refractivity contribution in [1.82, 2.24) is 9.78 Å². The molecule has 5 nitrogen and oxygen atoms in total. The van der Waals surface area contributed by atoms with Crippen LogP contribution in [0.4, 0.5) is 20.3 Å². The lowest BCUT2D eigenvalue weighted by Gasteiger charge is -2.13. The third kappa shape index (κ3) is 2.56. The molecular weight excluding hydrogens is 194 g/mol. The smallest absolute Gasteiger partial charge is 0.287 e. The lowest BCUT2D eigenvalue weighted by Crippen LogP contribution is -2.31. The monoisotopic (exact) mass is 206 g/mol. The first kappa shape index (κ1) is 10.7. The Morgan fingerprint density at radius 1 is 1.71 bits per heavy atom. The van der Waals surface area contributed by atoms with Gasteiger partial charge in [0, 0.05) is 13.2 Å². The minimum Gasteiger partial charge on any atom is -0.394 e. The van der Waals surface area contributed by atoms with E-state index in [1.165, 1.54) is 10.9 Å². The summed E-state index contributed by atoms with van der Waals surface area (Å²) < 4.78 is 26.6. The van der Waals surface area contributed by atoms with E-state index in [0.717, 1.165) is 0 Å². The van der Waals surface area contributed by atoms with Crippen LogP contribution in [0.25, 0.3) is 0 Å². The SMILES string of the molecule is Cn1cc(N)c(NCC(F)(F)CO)n1. The molecule has 0 saturated carbocycles. The Bertz CT molecular complexity index is 313. The second kappa shape index (κ2) is 3.79. The minimum absolute atomic E-state index is 0.195. The first-order valence-corrected chi connectivity index (χ1v) is 3.96. The summed E-state index contributed by atoms with van der Waals surface area (Å²) in [6, 6.07) is 0. The Morgan fingerprint density at radius 3 is 2.79 bits per heavy atom. The van der Waals surface area contributed by atoms with Gasteiger partial charge >= 0.3 is 0 Å². The van der Waals surface area contributed by atoms with Crippen molar-refractivity contribution < 1.29 is 13.9 Å². The normalized spacial score (nSPS) is 11.7. The third-order valence-corrected chi connectivity index (χ3v) is 1.60. The predicted octanol–water partition coefficient (Wildman–Crippen LogP) is 0.0418. The van der Waals surface area contributed by atoms with Crippen molar-refractivity contribution >= 4 is 11.5 Å². The third-order valence-electron chi connectivity index (χ3n) is 1.60. The van der Waals surface area contributed by atoms with Crippen LogP contribution >= 0.6 is 0 Å². The zero-order valence-electron chi connectivity index (χ0n) is 7.67. The molecule has 1 rings (SSSR count). The zero-order chi connectivity index (χ0) is 10.8. The lowest BCUT2D eigenvalue weighted by atomic mass is 10.3. The summed E-state index contributed by atoms with van der Waals surface area (Å²) in [4.78, 5) is 0. The topological polar surface area (TPSA) is 76.1 Å². The predicted molar refractivity (Wildman–Crippen MR) is 48.1 cm³/mol. The molecule has 1 heterocycles. The molecule has 1 aromatic rings. The molecule has 14 heavy (non-hydrogen) atoms. The van der Waals surface area contributed by atoms with Gasteiger partial charge in [-0.2, -0.15) is 5.10 Å². The van der Waals surface area contributed by atoms with E-state index in [1.54, 1.807) is 7.05 Å². The second-order valence-electron chi connectivity index (χ2n) is 2.97. The number of anilines is 2. The average Bonchev–Trinajstić information content (AvgIpc) is 2.42. The van der Waals surface area contributed by atoms with Crippen molar-refractivity contribution in [3.05, 3.63) is 6.20 Å². The van der Waals surface area contributed by atoms with E-state index in [2.05, 4.69) is 10.4 Å². The lowest BCUT2D eigenvalue weighted by molar-refractivity contribution is -0.0373. The van der Waals surface area contributed by atoms with Gasteiger partial charge in [0.15, 0.2) is 5.82 Å². The molecule has 1 aromatic heterocycles. The van der Waals surface area contributed by atoms with E-state index in [9.17, 15) is 8.78 Å². The summed E-state index contributed by atoms with van der Waals surface area (Å²) in [6.07, 6.45) is 1.50. The number of rotatable bonds is 4. The second-order valence-corrected chi connectivity index (χ2v) is 2.97. The van der Waals surface area contributed by atoms with Gasteiger partial charge in [0.25, 0.3) is 5.92 Å². The number of nitrogens with one attached hydrogen (secondary N) is 1. The van der Waals surface area contributed by atoms with Crippen molar-refractivity contribution in [1.29, 1.82) is 0 Å². The maximum absolute atomic E-state index is 12.6. The fraction of sp³-hybridized carbons (Fsp3) is 0.571. The number of nitrogens with two attached hydrogens (primary N) is 1. The van der Waals surface area contributed by atoms with Crippen LogP contribution in [0.2, 0.25) is 0 Å². The summed E-state index contributed by atoms with van der Waals surface area (Å²) in [5.74, 6) is -2.97. The van der Waals surface area contributed by atoms with Crippen molar-refractivity contribution in [3.63, 3.8) is 0 Å². The fourth-order valence-corrected chi connectivity index (χ4v) is 0.913. The molecule has 4 N–H and O–H groups in total. The van der Waals surface area contributed by atoms with Crippen molar-refractivity contribution in [2.75, 3.05) is 24.2 Å². The summed E-state index contributed by atoms with van der Waals surface area (Å²) in [6.45, 7) is -1.89. The van der Waals surface area contributed by atoms with Crippen molar-refractivity contribution in [2.24, 2.45) is 7.05 Å². The highest BCUT2D eigenvalue weighted by Gasteiger charge is 2.27. The first-order valence-electron chi connectivity index (χ1n) is 3.96. The van der Waals surface area contributed by atoms with Crippen molar-refractivity contribution in [2.45, 2.75) is 5.92 Å². The van der Waals surface area contributed by atoms with Crippen molar-refractivity contribution in [3.8, 4) is 0 Å². The van der Waals surface area contributed by atoms with Crippen LogP contribution < -0.4 is 11.1 Å². The molecule has 7 heteroatoms. The molecule has 0 aliphatic carbocycles. The maximum atomic E-state index is 12.6. The van der Waals surface area contributed by atoms with E-state index in [0.29, 0.717) is 5.69 Å². The van der Waals surface area contributed by atoms with Gasteiger partial charge in [-0.15, -0.1) is 0 Å². The summed E-state index contributed by atoms with van der Waals surface area (Å²) in [5, 5.41) is 14.5. The molecule has 0 aromatic carbocycles. The van der Waals surface area contributed by atoms with Gasteiger partial charge in [-0.3, -0.25) is 4.68 Å². The van der Waals surface area contributed by atoms with E-state index in [4.69, 9.17) is 10.8 Å². The average molecular weight is 206 g/mol. The van der Waals surface area contributed by atoms with Crippen LogP contribution in [-0.2, 0) is 7.05 Å². The Labute approximate surface area is 79.5 Å². The maximum Gasteiger partial charge on any atom is 0.287 e. The number of aliphatic hydroxyl groups excluding tert-OH is 1. The van der Waals surface area contributed by atoms with Gasteiger partial charge in [0.05, 0.1) is 12.2 Å². The highest BCUT2D eigenvalue weighted by atomic mass is 19.3. The quantitative estimate of drug-likeness (QED) is 0.650.